The molecule has 0 saturated carbocycles. The molecule has 0 aliphatic carbocycles. The molecule has 0 radical (unpaired) electrons. The van der Waals surface area contributed by atoms with Crippen LogP contribution in [0.25, 0.3) is 0 Å². The largest absolute Gasteiger partial charge is 0.350 e. The molecule has 17 heavy (non-hydrogen) atoms. The lowest BCUT2D eigenvalue weighted by Crippen LogP contribution is -2.49. The van der Waals surface area contributed by atoms with Gasteiger partial charge in [0.1, 0.15) is 5.82 Å². The van der Waals surface area contributed by atoms with Crippen LogP contribution in [0.2, 0.25) is 0 Å². The highest BCUT2D eigenvalue weighted by atomic mass is 19.1. The van der Waals surface area contributed by atoms with Gasteiger partial charge in [-0.15, -0.1) is 0 Å². The molecule has 0 heterocycles. The number of amides is 1. The number of halogens is 1. The Morgan fingerprint density at radius 2 is 2.06 bits per heavy atom. The topological polar surface area (TPSA) is 55.1 Å². The Balaban J connectivity index is 2.62. The third kappa shape index (κ3) is 3.82. The van der Waals surface area contributed by atoms with E-state index in [0.717, 1.165) is 12.8 Å². The van der Waals surface area contributed by atoms with Crippen molar-refractivity contribution in [1.29, 1.82) is 0 Å². The van der Waals surface area contributed by atoms with Gasteiger partial charge < -0.3 is 11.1 Å². The van der Waals surface area contributed by atoms with E-state index in [-0.39, 0.29) is 11.4 Å². The average molecular weight is 238 g/mol. The Labute approximate surface area is 101 Å². The van der Waals surface area contributed by atoms with E-state index in [1.165, 1.54) is 18.2 Å². The van der Waals surface area contributed by atoms with Crippen LogP contribution in [0, 0.1) is 5.82 Å². The molecule has 94 valence electrons. The van der Waals surface area contributed by atoms with Crippen LogP contribution in [0.4, 0.5) is 4.39 Å². The third-order valence-electron chi connectivity index (χ3n) is 3.10. The van der Waals surface area contributed by atoms with E-state index in [2.05, 4.69) is 5.32 Å². The van der Waals surface area contributed by atoms with Crippen LogP contribution in [0.3, 0.4) is 0 Å². The van der Waals surface area contributed by atoms with Crippen LogP contribution in [-0.2, 0) is 0 Å². The van der Waals surface area contributed by atoms with Crippen molar-refractivity contribution in [3.05, 3.63) is 35.6 Å². The predicted molar refractivity (Wildman–Crippen MR) is 66.2 cm³/mol. The summed E-state index contributed by atoms with van der Waals surface area (Å²) < 4.78 is 12.9. The summed E-state index contributed by atoms with van der Waals surface area (Å²) in [6.45, 7) is 4.37. The highest BCUT2D eigenvalue weighted by Crippen LogP contribution is 2.10. The number of hydrogen-bond acceptors (Lipinski definition) is 2. The van der Waals surface area contributed by atoms with Crippen molar-refractivity contribution in [2.24, 2.45) is 5.73 Å². The second-order valence-corrected chi connectivity index (χ2v) is 4.26. The van der Waals surface area contributed by atoms with E-state index in [0.29, 0.717) is 12.1 Å². The van der Waals surface area contributed by atoms with Crippen LogP contribution in [0.1, 0.15) is 37.0 Å². The summed E-state index contributed by atoms with van der Waals surface area (Å²) in [7, 11) is 0. The van der Waals surface area contributed by atoms with Crippen LogP contribution >= 0.6 is 0 Å². The number of carbonyl (C=O) groups is 1. The fourth-order valence-electron chi connectivity index (χ4n) is 1.49. The van der Waals surface area contributed by atoms with Crippen LogP contribution in [0.15, 0.2) is 24.3 Å². The molecule has 4 heteroatoms. The maximum Gasteiger partial charge on any atom is 0.251 e. The summed E-state index contributed by atoms with van der Waals surface area (Å²) >= 11 is 0. The SMILES string of the molecule is CCC(N)(CC)CNC(=O)c1cccc(F)c1. The fourth-order valence-corrected chi connectivity index (χ4v) is 1.49. The van der Waals surface area contributed by atoms with Gasteiger partial charge in [-0.05, 0) is 31.0 Å². The number of benzene rings is 1. The first-order valence-electron chi connectivity index (χ1n) is 5.83. The number of hydrogen-bond donors (Lipinski definition) is 2. The normalized spacial score (nSPS) is 11.3. The second-order valence-electron chi connectivity index (χ2n) is 4.26. The number of carbonyl (C=O) groups excluding carboxylic acids is 1. The molecule has 0 spiro atoms. The highest BCUT2D eigenvalue weighted by Gasteiger charge is 2.21. The van der Waals surface area contributed by atoms with Crippen molar-refractivity contribution in [1.82, 2.24) is 5.32 Å². The molecule has 0 aliphatic heterocycles. The minimum absolute atomic E-state index is 0.291. The number of nitrogens with two attached hydrogens (primary N) is 1. The second kappa shape index (κ2) is 5.77. The molecule has 0 saturated heterocycles. The maximum absolute atomic E-state index is 12.9. The van der Waals surface area contributed by atoms with Crippen molar-refractivity contribution in [3.63, 3.8) is 0 Å². The Kier molecular flexibility index (Phi) is 4.63. The molecule has 3 N–H and O–H groups in total. The molecule has 0 unspecified atom stereocenters. The van der Waals surface area contributed by atoms with Gasteiger partial charge in [-0.2, -0.15) is 0 Å². The summed E-state index contributed by atoms with van der Waals surface area (Å²) in [6.07, 6.45) is 1.57. The maximum atomic E-state index is 12.9. The van der Waals surface area contributed by atoms with Crippen LogP contribution in [0.5, 0.6) is 0 Å². The average Bonchev–Trinajstić information content (AvgIpc) is 2.35. The van der Waals surface area contributed by atoms with Gasteiger partial charge in [-0.25, -0.2) is 4.39 Å². The Morgan fingerprint density at radius 1 is 1.41 bits per heavy atom. The van der Waals surface area contributed by atoms with E-state index >= 15 is 0 Å². The zero-order valence-corrected chi connectivity index (χ0v) is 10.3. The fraction of sp³-hybridized carbons (Fsp3) is 0.462. The minimum atomic E-state index is -0.414. The zero-order chi connectivity index (χ0) is 12.9. The Bertz CT molecular complexity index is 389. The lowest BCUT2D eigenvalue weighted by atomic mass is 9.94. The van der Waals surface area contributed by atoms with E-state index in [4.69, 9.17) is 5.73 Å². The lowest BCUT2D eigenvalue weighted by molar-refractivity contribution is 0.0941. The van der Waals surface area contributed by atoms with Crippen molar-refractivity contribution in [2.45, 2.75) is 32.2 Å². The summed E-state index contributed by atoms with van der Waals surface area (Å²) in [5, 5.41) is 2.74. The summed E-state index contributed by atoms with van der Waals surface area (Å²) in [4.78, 5) is 11.7. The van der Waals surface area contributed by atoms with Gasteiger partial charge in [0, 0.05) is 17.6 Å². The van der Waals surface area contributed by atoms with Gasteiger partial charge in [0.25, 0.3) is 5.91 Å². The molecular formula is C13H19FN2O. The van der Waals surface area contributed by atoms with Crippen LogP contribution in [-0.4, -0.2) is 18.0 Å². The molecule has 0 aromatic heterocycles. The van der Waals surface area contributed by atoms with E-state index in [9.17, 15) is 9.18 Å². The molecule has 1 rings (SSSR count). The standard InChI is InChI=1S/C13H19FN2O/c1-3-13(15,4-2)9-16-12(17)10-6-5-7-11(14)8-10/h5-8H,3-4,9,15H2,1-2H3,(H,16,17). The molecule has 1 amide bonds. The number of rotatable bonds is 5. The zero-order valence-electron chi connectivity index (χ0n) is 10.3. The molecule has 0 bridgehead atoms. The number of nitrogens with one attached hydrogen (secondary N) is 1. The first-order valence-corrected chi connectivity index (χ1v) is 5.83. The summed E-state index contributed by atoms with van der Waals surface area (Å²) in [5.41, 5.74) is 6.00. The van der Waals surface area contributed by atoms with Gasteiger partial charge in [0.2, 0.25) is 0 Å². The van der Waals surface area contributed by atoms with Gasteiger partial charge in [0.15, 0.2) is 0 Å². The van der Waals surface area contributed by atoms with Crippen molar-refractivity contribution in [3.8, 4) is 0 Å². The quantitative estimate of drug-likeness (QED) is 0.825. The summed E-state index contributed by atoms with van der Waals surface area (Å²) in [5.74, 6) is -0.705. The Hall–Kier alpha value is -1.42. The molecule has 0 aliphatic rings. The molecule has 1 aromatic rings. The molecular weight excluding hydrogens is 219 g/mol. The van der Waals surface area contributed by atoms with E-state index in [1.54, 1.807) is 6.07 Å². The van der Waals surface area contributed by atoms with E-state index in [1.807, 2.05) is 13.8 Å². The van der Waals surface area contributed by atoms with Crippen molar-refractivity contribution in [2.75, 3.05) is 6.54 Å². The van der Waals surface area contributed by atoms with Crippen LogP contribution < -0.4 is 11.1 Å². The van der Waals surface area contributed by atoms with Gasteiger partial charge in [0.05, 0.1) is 0 Å². The lowest BCUT2D eigenvalue weighted by Gasteiger charge is -2.26. The van der Waals surface area contributed by atoms with Crippen molar-refractivity contribution >= 4 is 5.91 Å². The van der Waals surface area contributed by atoms with Gasteiger partial charge in [-0.3, -0.25) is 4.79 Å². The van der Waals surface area contributed by atoms with E-state index < -0.39 is 5.82 Å². The third-order valence-corrected chi connectivity index (χ3v) is 3.10. The summed E-state index contributed by atoms with van der Waals surface area (Å²) in [6, 6.07) is 5.61. The highest BCUT2D eigenvalue weighted by molar-refractivity contribution is 5.94. The molecule has 1 aromatic carbocycles. The van der Waals surface area contributed by atoms with Gasteiger partial charge in [-0.1, -0.05) is 19.9 Å². The van der Waals surface area contributed by atoms with Crippen molar-refractivity contribution < 1.29 is 9.18 Å². The van der Waals surface area contributed by atoms with Gasteiger partial charge >= 0.3 is 0 Å². The predicted octanol–water partition coefficient (Wildman–Crippen LogP) is 2.07. The molecule has 3 nitrogen and oxygen atoms in total. The Morgan fingerprint density at radius 3 is 2.59 bits per heavy atom. The monoisotopic (exact) mass is 238 g/mol. The first kappa shape index (κ1) is 13.6. The molecule has 0 atom stereocenters. The smallest absolute Gasteiger partial charge is 0.251 e. The minimum Gasteiger partial charge on any atom is -0.350 e. The molecule has 0 fully saturated rings. The first-order chi connectivity index (χ1) is 8.00.